The van der Waals surface area contributed by atoms with E-state index >= 15 is 0 Å². The standard InChI is InChI=1S/C20H19FN2O3S/c1-12(24)14-4-9-18(17(21)10-14)27-11-19(25)22-15-5-2-13(3-6-15)20(26)23-16-7-8-16/h2-6,9-10,16H,7-8,11H2,1H3,(H,22,25)(H,23,26). The Morgan fingerprint density at radius 2 is 1.74 bits per heavy atom. The molecule has 0 spiro atoms. The van der Waals surface area contributed by atoms with Gasteiger partial charge >= 0.3 is 0 Å². The molecule has 0 radical (unpaired) electrons. The fourth-order valence-electron chi connectivity index (χ4n) is 2.38. The molecule has 27 heavy (non-hydrogen) atoms. The van der Waals surface area contributed by atoms with Crippen molar-refractivity contribution in [3.8, 4) is 0 Å². The fraction of sp³-hybridized carbons (Fsp3) is 0.250. The van der Waals surface area contributed by atoms with Gasteiger partial charge in [-0.1, -0.05) is 6.07 Å². The van der Waals surface area contributed by atoms with Crippen molar-refractivity contribution in [2.24, 2.45) is 0 Å². The first-order valence-electron chi connectivity index (χ1n) is 8.56. The summed E-state index contributed by atoms with van der Waals surface area (Å²) in [6.45, 7) is 1.37. The minimum atomic E-state index is -0.522. The second kappa shape index (κ2) is 8.35. The van der Waals surface area contributed by atoms with Crippen LogP contribution in [0.15, 0.2) is 47.4 Å². The molecule has 140 valence electrons. The number of ketones is 1. The highest BCUT2D eigenvalue weighted by Gasteiger charge is 2.23. The molecule has 0 unspecified atom stereocenters. The topological polar surface area (TPSA) is 75.3 Å². The van der Waals surface area contributed by atoms with Gasteiger partial charge in [0.25, 0.3) is 5.91 Å². The Morgan fingerprint density at radius 3 is 2.33 bits per heavy atom. The van der Waals surface area contributed by atoms with E-state index in [9.17, 15) is 18.8 Å². The summed E-state index contributed by atoms with van der Waals surface area (Å²) in [7, 11) is 0. The highest BCUT2D eigenvalue weighted by atomic mass is 32.2. The number of hydrogen-bond donors (Lipinski definition) is 2. The van der Waals surface area contributed by atoms with Gasteiger partial charge in [0.1, 0.15) is 5.82 Å². The Hall–Kier alpha value is -2.67. The van der Waals surface area contributed by atoms with Crippen LogP contribution in [0.3, 0.4) is 0 Å². The first-order valence-corrected chi connectivity index (χ1v) is 9.55. The molecule has 0 atom stereocenters. The summed E-state index contributed by atoms with van der Waals surface area (Å²) in [5, 5.41) is 5.61. The van der Waals surface area contributed by atoms with E-state index in [1.54, 1.807) is 24.3 Å². The summed E-state index contributed by atoms with van der Waals surface area (Å²) in [4.78, 5) is 35.5. The Balaban J connectivity index is 1.51. The smallest absolute Gasteiger partial charge is 0.251 e. The first kappa shape index (κ1) is 19.1. The molecule has 1 aliphatic carbocycles. The van der Waals surface area contributed by atoms with Crippen molar-refractivity contribution in [3.63, 3.8) is 0 Å². The van der Waals surface area contributed by atoms with Gasteiger partial charge in [0, 0.05) is 27.8 Å². The molecule has 2 N–H and O–H groups in total. The van der Waals surface area contributed by atoms with Crippen molar-refractivity contribution in [1.29, 1.82) is 0 Å². The van der Waals surface area contributed by atoms with E-state index in [1.807, 2.05) is 0 Å². The summed E-state index contributed by atoms with van der Waals surface area (Å²) >= 11 is 1.05. The number of thioether (sulfide) groups is 1. The molecule has 7 heteroatoms. The zero-order valence-electron chi connectivity index (χ0n) is 14.8. The molecule has 2 amide bonds. The molecule has 0 heterocycles. The lowest BCUT2D eigenvalue weighted by Gasteiger charge is -2.08. The molecule has 2 aromatic rings. The largest absolute Gasteiger partial charge is 0.349 e. The van der Waals surface area contributed by atoms with Crippen LogP contribution in [0.2, 0.25) is 0 Å². The van der Waals surface area contributed by atoms with Gasteiger partial charge in [-0.25, -0.2) is 4.39 Å². The van der Waals surface area contributed by atoms with E-state index in [0.717, 1.165) is 24.6 Å². The van der Waals surface area contributed by atoms with Crippen LogP contribution in [0.1, 0.15) is 40.5 Å². The van der Waals surface area contributed by atoms with E-state index in [2.05, 4.69) is 10.6 Å². The molecule has 1 fully saturated rings. The molecule has 0 aliphatic heterocycles. The normalized spacial score (nSPS) is 13.1. The molecule has 5 nitrogen and oxygen atoms in total. The van der Waals surface area contributed by atoms with Gasteiger partial charge in [0.05, 0.1) is 5.75 Å². The van der Waals surface area contributed by atoms with E-state index in [4.69, 9.17) is 0 Å². The summed E-state index contributed by atoms with van der Waals surface area (Å²) in [5.41, 5.74) is 1.41. The second-order valence-electron chi connectivity index (χ2n) is 6.36. The third kappa shape index (κ3) is 5.40. The third-order valence-corrected chi connectivity index (χ3v) is 5.09. The number of halogens is 1. The van der Waals surface area contributed by atoms with Crippen LogP contribution in [-0.2, 0) is 4.79 Å². The van der Waals surface area contributed by atoms with Gasteiger partial charge in [-0.05, 0) is 56.2 Å². The lowest BCUT2D eigenvalue weighted by Crippen LogP contribution is -2.25. The first-order chi connectivity index (χ1) is 12.9. The number of anilines is 1. The van der Waals surface area contributed by atoms with Gasteiger partial charge in [-0.2, -0.15) is 0 Å². The average Bonchev–Trinajstić information content (AvgIpc) is 3.45. The van der Waals surface area contributed by atoms with Crippen LogP contribution >= 0.6 is 11.8 Å². The van der Waals surface area contributed by atoms with Gasteiger partial charge in [-0.15, -0.1) is 11.8 Å². The molecule has 0 bridgehead atoms. The lowest BCUT2D eigenvalue weighted by molar-refractivity contribution is -0.113. The predicted molar refractivity (Wildman–Crippen MR) is 103 cm³/mol. The quantitative estimate of drug-likeness (QED) is 0.563. The van der Waals surface area contributed by atoms with Gasteiger partial charge < -0.3 is 10.6 Å². The monoisotopic (exact) mass is 386 g/mol. The van der Waals surface area contributed by atoms with Crippen LogP contribution in [0.5, 0.6) is 0 Å². The zero-order chi connectivity index (χ0) is 19.4. The molecule has 2 aromatic carbocycles. The minimum absolute atomic E-state index is 0.0280. The Kier molecular flexibility index (Phi) is 5.91. The number of hydrogen-bond acceptors (Lipinski definition) is 4. The number of carbonyl (C=O) groups is 3. The Labute approximate surface area is 160 Å². The molecule has 1 saturated carbocycles. The summed E-state index contributed by atoms with van der Waals surface area (Å²) in [6.07, 6.45) is 2.05. The van der Waals surface area contributed by atoms with E-state index in [-0.39, 0.29) is 23.4 Å². The summed E-state index contributed by atoms with van der Waals surface area (Å²) < 4.78 is 14.0. The van der Waals surface area contributed by atoms with Crippen molar-refractivity contribution < 1.29 is 18.8 Å². The summed E-state index contributed by atoms with van der Waals surface area (Å²) in [5.74, 6) is -1.11. The molecule has 3 rings (SSSR count). The lowest BCUT2D eigenvalue weighted by atomic mass is 10.1. The highest BCUT2D eigenvalue weighted by Crippen LogP contribution is 2.23. The number of rotatable bonds is 7. The average molecular weight is 386 g/mol. The van der Waals surface area contributed by atoms with E-state index in [1.165, 1.54) is 25.1 Å². The molecule has 1 aliphatic rings. The van der Waals surface area contributed by atoms with Crippen LogP contribution in [0, 0.1) is 5.82 Å². The second-order valence-corrected chi connectivity index (χ2v) is 7.38. The van der Waals surface area contributed by atoms with Crippen LogP contribution < -0.4 is 10.6 Å². The number of amides is 2. The maximum absolute atomic E-state index is 14.0. The number of carbonyl (C=O) groups excluding carboxylic acids is 3. The predicted octanol–water partition coefficient (Wildman–Crippen LogP) is 3.65. The van der Waals surface area contributed by atoms with Crippen molar-refractivity contribution in [2.75, 3.05) is 11.1 Å². The van der Waals surface area contributed by atoms with E-state index in [0.29, 0.717) is 27.8 Å². The SMILES string of the molecule is CC(=O)c1ccc(SCC(=O)Nc2ccc(C(=O)NC3CC3)cc2)c(F)c1. The Bertz CT molecular complexity index is 879. The number of benzene rings is 2. The number of Topliss-reactive ketones (excluding diaryl/α,β-unsaturated/α-hetero) is 1. The molecule has 0 saturated heterocycles. The van der Waals surface area contributed by atoms with Gasteiger partial charge in [0.2, 0.25) is 5.91 Å². The zero-order valence-corrected chi connectivity index (χ0v) is 15.6. The van der Waals surface area contributed by atoms with E-state index < -0.39 is 5.82 Å². The number of nitrogens with one attached hydrogen (secondary N) is 2. The van der Waals surface area contributed by atoms with Crippen molar-refractivity contribution in [3.05, 3.63) is 59.4 Å². The van der Waals surface area contributed by atoms with Crippen molar-refractivity contribution >= 4 is 35.0 Å². The third-order valence-electron chi connectivity index (χ3n) is 4.04. The molecular weight excluding hydrogens is 367 g/mol. The highest BCUT2D eigenvalue weighted by molar-refractivity contribution is 8.00. The minimum Gasteiger partial charge on any atom is -0.349 e. The van der Waals surface area contributed by atoms with Crippen LogP contribution in [0.4, 0.5) is 10.1 Å². The fourth-order valence-corrected chi connectivity index (χ4v) is 3.10. The molecular formula is C20H19FN2O3S. The van der Waals surface area contributed by atoms with Gasteiger partial charge in [0.15, 0.2) is 5.78 Å². The Morgan fingerprint density at radius 1 is 1.07 bits per heavy atom. The maximum Gasteiger partial charge on any atom is 0.251 e. The molecule has 0 aromatic heterocycles. The van der Waals surface area contributed by atoms with Crippen LogP contribution in [-0.4, -0.2) is 29.4 Å². The van der Waals surface area contributed by atoms with Crippen molar-refractivity contribution in [2.45, 2.75) is 30.7 Å². The van der Waals surface area contributed by atoms with Crippen molar-refractivity contribution in [1.82, 2.24) is 5.32 Å². The summed E-state index contributed by atoms with van der Waals surface area (Å²) in [6, 6.07) is 11.1. The van der Waals surface area contributed by atoms with Crippen LogP contribution in [0.25, 0.3) is 0 Å². The van der Waals surface area contributed by atoms with Gasteiger partial charge in [-0.3, -0.25) is 14.4 Å². The maximum atomic E-state index is 14.0.